The molecule has 0 aliphatic rings. The number of carboxylic acid groups (broad SMARTS) is 1. The third-order valence-corrected chi connectivity index (χ3v) is 2.57. The van der Waals surface area contributed by atoms with E-state index in [1.165, 1.54) is 12.1 Å². The minimum Gasteiger partial charge on any atom is -0.481 e. The van der Waals surface area contributed by atoms with E-state index in [0.717, 1.165) is 0 Å². The number of rotatable bonds is 4. The van der Waals surface area contributed by atoms with Crippen LogP contribution in [0, 0.1) is 0 Å². The molecule has 0 radical (unpaired) electrons. The van der Waals surface area contributed by atoms with Gasteiger partial charge in [0.25, 0.3) is 5.91 Å². The Morgan fingerprint density at radius 1 is 1.35 bits per heavy atom. The van der Waals surface area contributed by atoms with Crippen LogP contribution in [-0.2, 0) is 16.0 Å². The minimum absolute atomic E-state index is 0.161. The lowest BCUT2D eigenvalue weighted by molar-refractivity contribution is -0.136. The number of carboxylic acids is 1. The average Bonchev–Trinajstić information content (AvgIpc) is 2.22. The molecule has 92 valence electrons. The second kappa shape index (κ2) is 6.10. The highest BCUT2D eigenvalue weighted by atomic mass is 35.5. The van der Waals surface area contributed by atoms with Crippen molar-refractivity contribution in [1.82, 2.24) is 0 Å². The van der Waals surface area contributed by atoms with Gasteiger partial charge >= 0.3 is 5.97 Å². The summed E-state index contributed by atoms with van der Waals surface area (Å²) in [5, 5.41) is 11.3. The van der Waals surface area contributed by atoms with Crippen molar-refractivity contribution in [3.05, 3.63) is 28.8 Å². The van der Waals surface area contributed by atoms with Gasteiger partial charge in [-0.3, -0.25) is 9.59 Å². The van der Waals surface area contributed by atoms with Gasteiger partial charge in [0.1, 0.15) is 0 Å². The van der Waals surface area contributed by atoms with Crippen molar-refractivity contribution in [3.8, 4) is 0 Å². The second-order valence-electron chi connectivity index (χ2n) is 3.17. The summed E-state index contributed by atoms with van der Waals surface area (Å²) in [5.41, 5.74) is 0.791. The van der Waals surface area contributed by atoms with E-state index in [1.54, 1.807) is 6.07 Å². The summed E-state index contributed by atoms with van der Waals surface area (Å²) >= 11 is 16.6. The molecule has 1 aromatic rings. The Bertz CT molecular complexity index is 448. The van der Waals surface area contributed by atoms with E-state index >= 15 is 0 Å². The van der Waals surface area contributed by atoms with E-state index in [-0.39, 0.29) is 17.1 Å². The van der Waals surface area contributed by atoms with Crippen molar-refractivity contribution in [3.63, 3.8) is 0 Å². The highest BCUT2D eigenvalue weighted by Crippen LogP contribution is 2.24. The number of aliphatic carboxylic acids is 1. The molecule has 1 amide bonds. The molecule has 0 fully saturated rings. The molecule has 0 saturated heterocycles. The zero-order valence-electron chi connectivity index (χ0n) is 8.41. The number of halogens is 3. The summed E-state index contributed by atoms with van der Waals surface area (Å²) in [7, 11) is 0. The van der Waals surface area contributed by atoms with Crippen molar-refractivity contribution >= 4 is 52.4 Å². The molecule has 0 saturated carbocycles. The average molecular weight is 297 g/mol. The van der Waals surface area contributed by atoms with Crippen LogP contribution in [0.15, 0.2) is 18.2 Å². The van der Waals surface area contributed by atoms with Crippen molar-refractivity contribution in [1.29, 1.82) is 0 Å². The molecule has 0 spiro atoms. The highest BCUT2D eigenvalue weighted by Gasteiger charge is 2.13. The Labute approximate surface area is 112 Å². The van der Waals surface area contributed by atoms with E-state index < -0.39 is 16.7 Å². The van der Waals surface area contributed by atoms with Gasteiger partial charge in [-0.1, -0.05) is 40.9 Å². The van der Waals surface area contributed by atoms with E-state index in [2.05, 4.69) is 5.32 Å². The molecular formula is C10H8Cl3NO3. The Balaban J connectivity index is 2.90. The molecule has 0 heterocycles. The number of alkyl halides is 2. The SMILES string of the molecule is O=C(O)Cc1ccc(Cl)c(NC(=O)C(Cl)Cl)c1. The molecule has 0 aliphatic heterocycles. The number of nitrogens with one attached hydrogen (secondary N) is 1. The van der Waals surface area contributed by atoms with Gasteiger partial charge in [0.05, 0.1) is 17.1 Å². The van der Waals surface area contributed by atoms with Crippen molar-refractivity contribution < 1.29 is 14.7 Å². The van der Waals surface area contributed by atoms with Crippen LogP contribution in [0.1, 0.15) is 5.56 Å². The zero-order chi connectivity index (χ0) is 13.0. The molecule has 0 aromatic heterocycles. The molecule has 7 heteroatoms. The lowest BCUT2D eigenvalue weighted by Gasteiger charge is -2.09. The number of benzene rings is 1. The normalized spacial score (nSPS) is 10.4. The number of amides is 1. The van der Waals surface area contributed by atoms with Gasteiger partial charge in [0.2, 0.25) is 0 Å². The molecule has 1 aromatic carbocycles. The molecule has 1 rings (SSSR count). The summed E-state index contributed by atoms with van der Waals surface area (Å²) in [6.45, 7) is 0. The molecule has 17 heavy (non-hydrogen) atoms. The lowest BCUT2D eigenvalue weighted by atomic mass is 10.1. The molecule has 0 bridgehead atoms. The Morgan fingerprint density at radius 2 is 2.00 bits per heavy atom. The molecule has 0 unspecified atom stereocenters. The van der Waals surface area contributed by atoms with E-state index in [0.29, 0.717) is 5.56 Å². The van der Waals surface area contributed by atoms with Crippen molar-refractivity contribution in [2.75, 3.05) is 5.32 Å². The smallest absolute Gasteiger partial charge is 0.307 e. The predicted molar refractivity (Wildman–Crippen MR) is 66.9 cm³/mol. The summed E-state index contributed by atoms with van der Waals surface area (Å²) < 4.78 is 0. The summed E-state index contributed by atoms with van der Waals surface area (Å²) in [6.07, 6.45) is -0.161. The van der Waals surface area contributed by atoms with Gasteiger partial charge in [0, 0.05) is 0 Å². The first-order valence-corrected chi connectivity index (χ1v) is 5.74. The van der Waals surface area contributed by atoms with Gasteiger partial charge < -0.3 is 10.4 Å². The number of hydrogen-bond acceptors (Lipinski definition) is 2. The van der Waals surface area contributed by atoms with Gasteiger partial charge in [-0.2, -0.15) is 0 Å². The van der Waals surface area contributed by atoms with Gasteiger partial charge in [0.15, 0.2) is 4.84 Å². The highest BCUT2D eigenvalue weighted by molar-refractivity contribution is 6.54. The summed E-state index contributed by atoms with van der Waals surface area (Å²) in [4.78, 5) is 20.6. The van der Waals surface area contributed by atoms with Crippen LogP contribution in [0.4, 0.5) is 5.69 Å². The van der Waals surface area contributed by atoms with Crippen LogP contribution in [0.2, 0.25) is 5.02 Å². The summed E-state index contributed by atoms with van der Waals surface area (Å²) in [6, 6.07) is 4.52. The van der Waals surface area contributed by atoms with E-state index in [1.807, 2.05) is 0 Å². The quantitative estimate of drug-likeness (QED) is 0.840. The fraction of sp³-hybridized carbons (Fsp3) is 0.200. The molecule has 4 nitrogen and oxygen atoms in total. The fourth-order valence-corrected chi connectivity index (χ4v) is 1.41. The Hall–Kier alpha value is -0.970. The number of carbonyl (C=O) groups excluding carboxylic acids is 1. The number of anilines is 1. The fourth-order valence-electron chi connectivity index (χ4n) is 1.14. The third-order valence-electron chi connectivity index (χ3n) is 1.84. The molecule has 2 N–H and O–H groups in total. The third kappa shape index (κ3) is 4.42. The zero-order valence-corrected chi connectivity index (χ0v) is 10.7. The minimum atomic E-state index is -1.21. The summed E-state index contributed by atoms with van der Waals surface area (Å²) in [5.74, 6) is -1.60. The largest absolute Gasteiger partial charge is 0.481 e. The van der Waals surface area contributed by atoms with Gasteiger partial charge in [-0.05, 0) is 17.7 Å². The maximum Gasteiger partial charge on any atom is 0.307 e. The monoisotopic (exact) mass is 295 g/mol. The maximum absolute atomic E-state index is 11.2. The van der Waals surface area contributed by atoms with Crippen LogP contribution >= 0.6 is 34.8 Å². The number of carbonyl (C=O) groups is 2. The van der Waals surface area contributed by atoms with Crippen molar-refractivity contribution in [2.24, 2.45) is 0 Å². The first-order valence-electron chi connectivity index (χ1n) is 4.49. The first-order chi connectivity index (χ1) is 7.90. The van der Waals surface area contributed by atoms with Gasteiger partial charge in [-0.25, -0.2) is 0 Å². The van der Waals surface area contributed by atoms with Crippen LogP contribution in [0.25, 0.3) is 0 Å². The predicted octanol–water partition coefficient (Wildman–Crippen LogP) is 2.71. The lowest BCUT2D eigenvalue weighted by Crippen LogP contribution is -2.19. The van der Waals surface area contributed by atoms with Crippen molar-refractivity contribution in [2.45, 2.75) is 11.3 Å². The van der Waals surface area contributed by atoms with E-state index in [9.17, 15) is 9.59 Å². The molecular weight excluding hydrogens is 288 g/mol. The van der Waals surface area contributed by atoms with Crippen LogP contribution in [0.5, 0.6) is 0 Å². The molecule has 0 atom stereocenters. The topological polar surface area (TPSA) is 66.4 Å². The van der Waals surface area contributed by atoms with E-state index in [4.69, 9.17) is 39.9 Å². The maximum atomic E-state index is 11.2. The van der Waals surface area contributed by atoms with Crippen LogP contribution < -0.4 is 5.32 Å². The van der Waals surface area contributed by atoms with Crippen LogP contribution in [0.3, 0.4) is 0 Å². The standard InChI is InChI=1S/C10H8Cl3NO3/c11-6-2-1-5(4-8(15)16)3-7(6)14-10(17)9(12)13/h1-3,9H,4H2,(H,14,17)(H,15,16). The van der Waals surface area contributed by atoms with Gasteiger partial charge in [-0.15, -0.1) is 0 Å². The second-order valence-corrected chi connectivity index (χ2v) is 4.68. The first kappa shape index (κ1) is 14.1. The Morgan fingerprint density at radius 3 is 2.53 bits per heavy atom. The number of hydrogen-bond donors (Lipinski definition) is 2. The molecule has 0 aliphatic carbocycles. The Kier molecular flexibility index (Phi) is 5.05. The van der Waals surface area contributed by atoms with Crippen LogP contribution in [-0.4, -0.2) is 21.8 Å².